The number of rotatable bonds is 5. The van der Waals surface area contributed by atoms with Crippen molar-refractivity contribution in [2.24, 2.45) is 7.05 Å². The first kappa shape index (κ1) is 13.0. The van der Waals surface area contributed by atoms with E-state index in [2.05, 4.69) is 15.6 Å². The van der Waals surface area contributed by atoms with E-state index >= 15 is 0 Å². The molecule has 1 N–H and O–H groups in total. The fourth-order valence-corrected chi connectivity index (χ4v) is 2.18. The van der Waals surface area contributed by atoms with Gasteiger partial charge in [-0.05, 0) is 19.3 Å². The van der Waals surface area contributed by atoms with Crippen LogP contribution in [0.5, 0.6) is 0 Å². The molecule has 1 fully saturated rings. The number of piperidine rings is 1. The standard InChI is InChI=1S/C12H21N5O/c1-16-11(10-14-15-16)9-13-6-5-12(18)17-7-3-2-4-8-17/h10,13H,2-9H2,1H3. The highest BCUT2D eigenvalue weighted by atomic mass is 16.2. The molecular weight excluding hydrogens is 230 g/mol. The molecule has 18 heavy (non-hydrogen) atoms. The Labute approximate surface area is 107 Å². The second kappa shape index (κ2) is 6.49. The third-order valence-electron chi connectivity index (χ3n) is 3.34. The molecule has 0 saturated carbocycles. The van der Waals surface area contributed by atoms with Crippen molar-refractivity contribution >= 4 is 5.91 Å². The van der Waals surface area contributed by atoms with Gasteiger partial charge in [-0.25, -0.2) is 0 Å². The Hall–Kier alpha value is -1.43. The quantitative estimate of drug-likeness (QED) is 0.765. The van der Waals surface area contributed by atoms with E-state index in [9.17, 15) is 4.79 Å². The van der Waals surface area contributed by atoms with Crippen molar-refractivity contribution in [1.29, 1.82) is 0 Å². The third kappa shape index (κ3) is 3.53. The van der Waals surface area contributed by atoms with Crippen LogP contribution in [-0.4, -0.2) is 45.4 Å². The number of hydrogen-bond donors (Lipinski definition) is 1. The molecule has 0 unspecified atom stereocenters. The molecule has 0 atom stereocenters. The van der Waals surface area contributed by atoms with Crippen LogP contribution in [0.3, 0.4) is 0 Å². The summed E-state index contributed by atoms with van der Waals surface area (Å²) in [5, 5.41) is 10.9. The van der Waals surface area contributed by atoms with E-state index < -0.39 is 0 Å². The van der Waals surface area contributed by atoms with Crippen molar-refractivity contribution in [2.45, 2.75) is 32.2 Å². The van der Waals surface area contributed by atoms with Gasteiger partial charge < -0.3 is 10.2 Å². The van der Waals surface area contributed by atoms with Crippen molar-refractivity contribution in [2.75, 3.05) is 19.6 Å². The van der Waals surface area contributed by atoms with Crippen LogP contribution < -0.4 is 5.32 Å². The smallest absolute Gasteiger partial charge is 0.223 e. The van der Waals surface area contributed by atoms with Gasteiger partial charge in [-0.3, -0.25) is 9.48 Å². The zero-order valence-electron chi connectivity index (χ0n) is 10.9. The van der Waals surface area contributed by atoms with Crippen LogP contribution in [0, 0.1) is 0 Å². The van der Waals surface area contributed by atoms with Crippen molar-refractivity contribution in [1.82, 2.24) is 25.2 Å². The first-order valence-electron chi connectivity index (χ1n) is 6.59. The Morgan fingerprint density at radius 2 is 2.17 bits per heavy atom. The summed E-state index contributed by atoms with van der Waals surface area (Å²) in [6.07, 6.45) is 5.87. The summed E-state index contributed by atoms with van der Waals surface area (Å²) in [6, 6.07) is 0. The SMILES string of the molecule is Cn1nncc1CNCCC(=O)N1CCCCC1. The molecule has 1 aliphatic heterocycles. The van der Waals surface area contributed by atoms with E-state index in [-0.39, 0.29) is 5.91 Å². The molecule has 0 aromatic carbocycles. The van der Waals surface area contributed by atoms with Gasteiger partial charge in [-0.2, -0.15) is 0 Å². The highest BCUT2D eigenvalue weighted by Gasteiger charge is 2.15. The molecule has 100 valence electrons. The minimum atomic E-state index is 0.269. The molecule has 1 saturated heterocycles. The second-order valence-corrected chi connectivity index (χ2v) is 4.72. The molecule has 2 heterocycles. The van der Waals surface area contributed by atoms with Crippen LogP contribution in [0.1, 0.15) is 31.4 Å². The lowest BCUT2D eigenvalue weighted by Gasteiger charge is -2.26. The van der Waals surface area contributed by atoms with Gasteiger partial charge in [-0.1, -0.05) is 5.21 Å². The van der Waals surface area contributed by atoms with Crippen LogP contribution in [0.15, 0.2) is 6.20 Å². The molecule has 6 heteroatoms. The molecule has 0 aliphatic carbocycles. The molecule has 1 amide bonds. The van der Waals surface area contributed by atoms with Gasteiger partial charge in [0.25, 0.3) is 0 Å². The highest BCUT2D eigenvalue weighted by molar-refractivity contribution is 5.76. The van der Waals surface area contributed by atoms with Crippen molar-refractivity contribution in [3.05, 3.63) is 11.9 Å². The Bertz CT molecular complexity index is 384. The van der Waals surface area contributed by atoms with Gasteiger partial charge in [0, 0.05) is 39.6 Å². The topological polar surface area (TPSA) is 63.1 Å². The van der Waals surface area contributed by atoms with E-state index in [1.54, 1.807) is 10.9 Å². The van der Waals surface area contributed by atoms with Crippen LogP contribution in [0.2, 0.25) is 0 Å². The maximum atomic E-state index is 11.9. The minimum Gasteiger partial charge on any atom is -0.343 e. The molecule has 2 rings (SSSR count). The van der Waals surface area contributed by atoms with Crippen LogP contribution >= 0.6 is 0 Å². The fraction of sp³-hybridized carbons (Fsp3) is 0.750. The zero-order chi connectivity index (χ0) is 12.8. The first-order valence-corrected chi connectivity index (χ1v) is 6.59. The molecule has 0 bridgehead atoms. The molecule has 1 aromatic rings. The zero-order valence-corrected chi connectivity index (χ0v) is 10.9. The second-order valence-electron chi connectivity index (χ2n) is 4.72. The summed E-state index contributed by atoms with van der Waals surface area (Å²) < 4.78 is 1.74. The number of hydrogen-bond acceptors (Lipinski definition) is 4. The first-order chi connectivity index (χ1) is 8.77. The molecule has 0 spiro atoms. The molecule has 6 nitrogen and oxygen atoms in total. The van der Waals surface area contributed by atoms with Gasteiger partial charge in [-0.15, -0.1) is 5.10 Å². The highest BCUT2D eigenvalue weighted by Crippen LogP contribution is 2.09. The lowest BCUT2D eigenvalue weighted by molar-refractivity contribution is -0.131. The third-order valence-corrected chi connectivity index (χ3v) is 3.34. The van der Waals surface area contributed by atoms with Gasteiger partial charge in [0.05, 0.1) is 11.9 Å². The summed E-state index contributed by atoms with van der Waals surface area (Å²) >= 11 is 0. The van der Waals surface area contributed by atoms with E-state index in [0.717, 1.165) is 31.6 Å². The van der Waals surface area contributed by atoms with Crippen LogP contribution in [0.25, 0.3) is 0 Å². The van der Waals surface area contributed by atoms with Crippen LogP contribution in [-0.2, 0) is 18.4 Å². The average Bonchev–Trinajstić information content (AvgIpc) is 2.81. The Balaban J connectivity index is 1.63. The van der Waals surface area contributed by atoms with E-state index in [4.69, 9.17) is 0 Å². The van der Waals surface area contributed by atoms with E-state index in [1.807, 2.05) is 11.9 Å². The van der Waals surface area contributed by atoms with E-state index in [0.29, 0.717) is 19.5 Å². The number of aromatic nitrogens is 3. The summed E-state index contributed by atoms with van der Waals surface area (Å²) in [4.78, 5) is 13.9. The van der Waals surface area contributed by atoms with Gasteiger partial charge in [0.15, 0.2) is 0 Å². The molecule has 1 aliphatic rings. The number of nitrogens with zero attached hydrogens (tertiary/aromatic N) is 4. The van der Waals surface area contributed by atoms with E-state index in [1.165, 1.54) is 6.42 Å². The van der Waals surface area contributed by atoms with Crippen molar-refractivity contribution < 1.29 is 4.79 Å². The molecule has 0 radical (unpaired) electrons. The Kier molecular flexibility index (Phi) is 4.69. The summed E-state index contributed by atoms with van der Waals surface area (Å²) in [5.41, 5.74) is 1.03. The number of amides is 1. The predicted octanol–water partition coefficient (Wildman–Crippen LogP) is 0.307. The maximum absolute atomic E-state index is 11.9. The number of likely N-dealkylation sites (tertiary alicyclic amines) is 1. The van der Waals surface area contributed by atoms with Gasteiger partial charge in [0.2, 0.25) is 5.91 Å². The molecular formula is C12H21N5O. The summed E-state index contributed by atoms with van der Waals surface area (Å²) in [5.74, 6) is 0.269. The minimum absolute atomic E-state index is 0.269. The Morgan fingerprint density at radius 3 is 2.83 bits per heavy atom. The Morgan fingerprint density at radius 1 is 1.39 bits per heavy atom. The fourth-order valence-electron chi connectivity index (χ4n) is 2.18. The van der Waals surface area contributed by atoms with Crippen LogP contribution in [0.4, 0.5) is 0 Å². The predicted molar refractivity (Wildman–Crippen MR) is 67.8 cm³/mol. The lowest BCUT2D eigenvalue weighted by atomic mass is 10.1. The number of nitrogens with one attached hydrogen (secondary N) is 1. The number of carbonyl (C=O) groups is 1. The maximum Gasteiger partial charge on any atom is 0.223 e. The van der Waals surface area contributed by atoms with Crippen molar-refractivity contribution in [3.63, 3.8) is 0 Å². The molecule has 1 aromatic heterocycles. The average molecular weight is 251 g/mol. The van der Waals surface area contributed by atoms with Gasteiger partial charge >= 0.3 is 0 Å². The monoisotopic (exact) mass is 251 g/mol. The largest absolute Gasteiger partial charge is 0.343 e. The van der Waals surface area contributed by atoms with Gasteiger partial charge in [0.1, 0.15) is 0 Å². The lowest BCUT2D eigenvalue weighted by Crippen LogP contribution is -2.37. The van der Waals surface area contributed by atoms with Crippen molar-refractivity contribution in [3.8, 4) is 0 Å². The summed E-state index contributed by atoms with van der Waals surface area (Å²) in [6.45, 7) is 3.28. The normalized spacial score (nSPS) is 15.9. The number of aryl methyl sites for hydroxylation is 1. The number of carbonyl (C=O) groups excluding carboxylic acids is 1. The summed E-state index contributed by atoms with van der Waals surface area (Å²) in [7, 11) is 1.86.